The van der Waals surface area contributed by atoms with Crippen LogP contribution in [0.25, 0.3) is 22.0 Å². The number of aromatic nitrogens is 1. The number of ether oxygens (including phenoxy) is 1. The van der Waals surface area contributed by atoms with Crippen molar-refractivity contribution in [3.05, 3.63) is 125 Å². The van der Waals surface area contributed by atoms with Crippen molar-refractivity contribution in [1.29, 1.82) is 0 Å². The fraction of sp³-hybridized carbons (Fsp3) is 0.356. The number of fused-ring (bicyclic) bond motifs is 1. The zero-order valence-electron chi connectivity index (χ0n) is 32.2. The topological polar surface area (TPSA) is 159 Å². The van der Waals surface area contributed by atoms with E-state index >= 15 is 0 Å². The predicted molar refractivity (Wildman–Crippen MR) is 224 cm³/mol. The number of benzene rings is 4. The minimum atomic E-state index is -0.816. The van der Waals surface area contributed by atoms with E-state index in [4.69, 9.17) is 4.74 Å². The third-order valence-corrected chi connectivity index (χ3v) is 11.2. The molecule has 2 saturated heterocycles. The monoisotopic (exact) mass is 772 g/mol. The van der Waals surface area contributed by atoms with E-state index in [0.29, 0.717) is 35.5 Å². The Morgan fingerprint density at radius 1 is 0.825 bits per heavy atom. The number of carbonyl (C=O) groups excluding carboxylic acids is 2. The maximum absolute atomic E-state index is 13.1. The van der Waals surface area contributed by atoms with Crippen molar-refractivity contribution >= 4 is 34.4 Å². The summed E-state index contributed by atoms with van der Waals surface area (Å²) in [5, 5.41) is 30.8. The fourth-order valence-corrected chi connectivity index (χ4v) is 7.88. The zero-order chi connectivity index (χ0) is 39.6. The lowest BCUT2D eigenvalue weighted by Gasteiger charge is -2.35. The average Bonchev–Trinajstić information content (AvgIpc) is 3.23. The highest BCUT2D eigenvalue weighted by atomic mass is 16.6. The summed E-state index contributed by atoms with van der Waals surface area (Å²) in [6.07, 6.45) is 4.13. The van der Waals surface area contributed by atoms with Crippen LogP contribution in [-0.4, -0.2) is 89.0 Å². The van der Waals surface area contributed by atoms with Gasteiger partial charge in [0, 0.05) is 55.4 Å². The van der Waals surface area contributed by atoms with Gasteiger partial charge in [-0.3, -0.25) is 10.1 Å². The van der Waals surface area contributed by atoms with Crippen molar-refractivity contribution in [3.63, 3.8) is 0 Å². The van der Waals surface area contributed by atoms with Gasteiger partial charge in [-0.15, -0.1) is 0 Å². The largest absolute Gasteiger partial charge is 0.506 e. The SMILES string of the molecule is O=C(Nc1ccccc1-c1ccccc1)OC1CCN(CCC2CCN(C(=O)Nc3ccc(CCNCC(O)c4ccc(O)c5[nH]c(=O)ccc45)cc3)CC2)CC1. The van der Waals surface area contributed by atoms with Gasteiger partial charge in [-0.2, -0.15) is 0 Å². The van der Waals surface area contributed by atoms with E-state index < -0.39 is 12.2 Å². The first-order chi connectivity index (χ1) is 27.8. The molecular weight excluding hydrogens is 721 g/mol. The number of piperidine rings is 2. The summed E-state index contributed by atoms with van der Waals surface area (Å²) in [5.41, 5.74) is 5.23. The molecule has 1 aromatic heterocycles. The van der Waals surface area contributed by atoms with Gasteiger partial charge in [0.05, 0.1) is 17.3 Å². The van der Waals surface area contributed by atoms with Crippen LogP contribution in [0.1, 0.15) is 49.3 Å². The van der Waals surface area contributed by atoms with Gasteiger partial charge in [-0.25, -0.2) is 9.59 Å². The number of nitrogens with one attached hydrogen (secondary N) is 4. The van der Waals surface area contributed by atoms with E-state index in [9.17, 15) is 24.6 Å². The van der Waals surface area contributed by atoms with Crippen LogP contribution in [0.5, 0.6) is 5.75 Å². The molecule has 0 aliphatic carbocycles. The molecule has 3 heterocycles. The number of pyridine rings is 1. The van der Waals surface area contributed by atoms with Crippen molar-refractivity contribution in [2.45, 2.75) is 50.7 Å². The second kappa shape index (κ2) is 19.0. The van der Waals surface area contributed by atoms with Gasteiger partial charge >= 0.3 is 12.1 Å². The number of hydrogen-bond acceptors (Lipinski definition) is 8. The van der Waals surface area contributed by atoms with Gasteiger partial charge in [-0.05, 0) is 105 Å². The molecule has 1 atom stereocenters. The Morgan fingerprint density at radius 2 is 1.56 bits per heavy atom. The molecular formula is C45H52N6O6. The summed E-state index contributed by atoms with van der Waals surface area (Å²) in [6, 6.07) is 31.7. The number of phenols is 1. The number of phenolic OH excluding ortho intramolecular Hbond substituents is 1. The molecule has 6 N–H and O–H groups in total. The number of hydrogen-bond donors (Lipinski definition) is 6. The first kappa shape index (κ1) is 39.5. The fourth-order valence-electron chi connectivity index (χ4n) is 7.88. The molecule has 0 spiro atoms. The lowest BCUT2D eigenvalue weighted by Crippen LogP contribution is -2.42. The number of anilines is 2. The van der Waals surface area contributed by atoms with Crippen LogP contribution in [0.2, 0.25) is 0 Å². The van der Waals surface area contributed by atoms with Crippen molar-refractivity contribution < 1.29 is 24.5 Å². The van der Waals surface area contributed by atoms with Crippen LogP contribution in [0.4, 0.5) is 21.0 Å². The number of aromatic hydroxyl groups is 1. The third-order valence-electron chi connectivity index (χ3n) is 11.2. The van der Waals surface area contributed by atoms with Gasteiger partial charge in [0.2, 0.25) is 5.56 Å². The number of likely N-dealkylation sites (tertiary alicyclic amines) is 2. The van der Waals surface area contributed by atoms with E-state index in [-0.39, 0.29) is 23.4 Å². The van der Waals surface area contributed by atoms with E-state index in [1.807, 2.05) is 83.8 Å². The Morgan fingerprint density at radius 3 is 2.33 bits per heavy atom. The number of H-pyrrole nitrogens is 1. The van der Waals surface area contributed by atoms with Gasteiger partial charge in [0.25, 0.3) is 0 Å². The highest BCUT2D eigenvalue weighted by molar-refractivity contribution is 5.92. The molecule has 0 bridgehead atoms. The molecule has 1 unspecified atom stereocenters. The summed E-state index contributed by atoms with van der Waals surface area (Å²) < 4.78 is 5.82. The maximum Gasteiger partial charge on any atom is 0.411 e. The zero-order valence-corrected chi connectivity index (χ0v) is 32.2. The van der Waals surface area contributed by atoms with Crippen LogP contribution >= 0.6 is 0 Å². The van der Waals surface area contributed by atoms with Gasteiger partial charge in [0.1, 0.15) is 11.9 Å². The van der Waals surface area contributed by atoms with Gasteiger partial charge in [-0.1, -0.05) is 66.7 Å². The summed E-state index contributed by atoms with van der Waals surface area (Å²) in [4.78, 5) is 44.6. The van der Waals surface area contributed by atoms with Crippen molar-refractivity contribution in [2.75, 3.05) is 56.4 Å². The van der Waals surface area contributed by atoms with Crippen LogP contribution in [0.15, 0.2) is 108 Å². The molecule has 5 aromatic rings. The highest BCUT2D eigenvalue weighted by Gasteiger charge is 2.26. The van der Waals surface area contributed by atoms with Crippen LogP contribution < -0.4 is 21.5 Å². The van der Waals surface area contributed by atoms with Crippen LogP contribution in [0.3, 0.4) is 0 Å². The number of aromatic amines is 1. The minimum absolute atomic E-state index is 0.0370. The van der Waals surface area contributed by atoms with E-state index in [2.05, 4.69) is 25.8 Å². The molecule has 57 heavy (non-hydrogen) atoms. The Bertz CT molecular complexity index is 2160. The van der Waals surface area contributed by atoms with Gasteiger partial charge < -0.3 is 40.4 Å². The number of para-hydroxylation sites is 1. The Kier molecular flexibility index (Phi) is 13.2. The molecule has 7 rings (SSSR count). The Hall–Kier alpha value is -5.69. The molecule has 2 fully saturated rings. The van der Waals surface area contributed by atoms with Crippen molar-refractivity contribution in [2.24, 2.45) is 5.92 Å². The number of urea groups is 1. The molecule has 12 heteroatoms. The number of amides is 3. The minimum Gasteiger partial charge on any atom is -0.506 e. The smallest absolute Gasteiger partial charge is 0.411 e. The molecule has 2 aliphatic heterocycles. The predicted octanol–water partition coefficient (Wildman–Crippen LogP) is 7.11. The molecule has 3 amide bonds. The molecule has 12 nitrogen and oxygen atoms in total. The second-order valence-corrected chi connectivity index (χ2v) is 15.1. The van der Waals surface area contributed by atoms with Crippen LogP contribution in [0, 0.1) is 5.92 Å². The quantitative estimate of drug-likeness (QED) is 0.0691. The first-order valence-corrected chi connectivity index (χ1v) is 20.0. The van der Waals surface area contributed by atoms with Crippen molar-refractivity contribution in [1.82, 2.24) is 20.1 Å². The summed E-state index contributed by atoms with van der Waals surface area (Å²) >= 11 is 0. The number of aliphatic hydroxyl groups is 1. The molecule has 298 valence electrons. The third kappa shape index (κ3) is 10.6. The van der Waals surface area contributed by atoms with E-state index in [1.165, 1.54) is 12.1 Å². The molecule has 0 saturated carbocycles. The maximum atomic E-state index is 13.1. The second-order valence-electron chi connectivity index (χ2n) is 15.1. The number of carbonyl (C=O) groups is 2. The summed E-state index contributed by atoms with van der Waals surface area (Å²) in [6.45, 7) is 5.25. The standard InChI is InChI=1S/C45H52N6O6/c52-40-16-14-37(38-15-17-42(54)49-43(38)40)41(53)30-46-24-18-31-10-12-34(13-11-31)47-44(55)51-28-20-32(21-29-51)19-25-50-26-22-35(23-27-50)57-45(56)48-39-9-5-4-8-36(39)33-6-2-1-3-7-33/h1-17,32,35,41,46,52-53H,18-30H2,(H,47,55)(H,48,56)(H,49,54). The Labute approximate surface area is 332 Å². The first-order valence-electron chi connectivity index (χ1n) is 20.0. The Balaban J connectivity index is 0.760. The summed E-state index contributed by atoms with van der Waals surface area (Å²) in [7, 11) is 0. The van der Waals surface area contributed by atoms with Gasteiger partial charge in [0.15, 0.2) is 0 Å². The highest BCUT2D eigenvalue weighted by Crippen LogP contribution is 2.30. The lowest BCUT2D eigenvalue weighted by atomic mass is 9.93. The number of aliphatic hydroxyl groups excluding tert-OH is 1. The van der Waals surface area contributed by atoms with Crippen LogP contribution in [-0.2, 0) is 11.2 Å². The average molecular weight is 773 g/mol. The molecule has 2 aliphatic rings. The lowest BCUT2D eigenvalue weighted by molar-refractivity contribution is 0.0562. The normalized spacial score (nSPS) is 16.0. The molecule has 4 aromatic carbocycles. The molecule has 0 radical (unpaired) electrons. The number of rotatable bonds is 13. The van der Waals surface area contributed by atoms with Crippen molar-refractivity contribution in [3.8, 4) is 16.9 Å². The van der Waals surface area contributed by atoms with E-state index in [0.717, 1.165) is 99.3 Å². The van der Waals surface area contributed by atoms with E-state index in [1.54, 1.807) is 12.1 Å². The summed E-state index contributed by atoms with van der Waals surface area (Å²) in [5.74, 6) is 0.545. The number of nitrogens with zero attached hydrogens (tertiary/aromatic N) is 2.